The van der Waals surface area contributed by atoms with Crippen LogP contribution in [0.25, 0.3) is 10.9 Å². The Morgan fingerprint density at radius 3 is 2.81 bits per heavy atom. The molecule has 1 aromatic carbocycles. The first-order valence-corrected chi connectivity index (χ1v) is 10.5. The maximum Gasteiger partial charge on any atom is 0.243 e. The molecule has 1 saturated heterocycles. The van der Waals surface area contributed by atoms with E-state index in [1.165, 1.54) is 0 Å². The van der Waals surface area contributed by atoms with Crippen LogP contribution in [0.5, 0.6) is 0 Å². The van der Waals surface area contributed by atoms with Gasteiger partial charge >= 0.3 is 0 Å². The zero-order chi connectivity index (χ0) is 19.0. The second-order valence-corrected chi connectivity index (χ2v) is 8.92. The lowest BCUT2D eigenvalue weighted by molar-refractivity contribution is 0.271. The molecule has 8 heteroatoms. The van der Waals surface area contributed by atoms with Gasteiger partial charge in [-0.1, -0.05) is 6.07 Å². The fourth-order valence-electron chi connectivity index (χ4n) is 3.57. The summed E-state index contributed by atoms with van der Waals surface area (Å²) in [6, 6.07) is 8.94. The fraction of sp³-hybridized carbons (Fsp3) is 0.368. The van der Waals surface area contributed by atoms with Crippen LogP contribution in [0.15, 0.2) is 53.8 Å². The van der Waals surface area contributed by atoms with Crippen LogP contribution in [0, 0.1) is 0 Å². The summed E-state index contributed by atoms with van der Waals surface area (Å²) in [6.45, 7) is 5.72. The van der Waals surface area contributed by atoms with Gasteiger partial charge in [0, 0.05) is 43.5 Å². The fourth-order valence-corrected chi connectivity index (χ4v) is 5.22. The van der Waals surface area contributed by atoms with E-state index in [-0.39, 0.29) is 12.1 Å². The molecular formula is C19H23N5O2S. The molecule has 27 heavy (non-hydrogen) atoms. The van der Waals surface area contributed by atoms with Crippen LogP contribution in [-0.2, 0) is 10.0 Å². The number of benzene rings is 1. The van der Waals surface area contributed by atoms with Crippen molar-refractivity contribution in [3.05, 3.63) is 54.5 Å². The van der Waals surface area contributed by atoms with Crippen molar-refractivity contribution in [2.75, 3.05) is 19.6 Å². The largest absolute Gasteiger partial charge is 0.313 e. The van der Waals surface area contributed by atoms with Crippen LogP contribution in [-0.4, -0.2) is 47.1 Å². The number of nitrogens with zero attached hydrogens (tertiary/aromatic N) is 4. The summed E-state index contributed by atoms with van der Waals surface area (Å²) in [5.74, 6) is 0. The second-order valence-electron chi connectivity index (χ2n) is 7.03. The molecule has 1 N–H and O–H groups in total. The highest BCUT2D eigenvalue weighted by Gasteiger charge is 2.34. The molecule has 1 fully saturated rings. The average molecular weight is 385 g/mol. The molecule has 142 valence electrons. The van der Waals surface area contributed by atoms with Crippen molar-refractivity contribution in [1.82, 2.24) is 24.4 Å². The van der Waals surface area contributed by atoms with Crippen molar-refractivity contribution in [3.63, 3.8) is 0 Å². The smallest absolute Gasteiger partial charge is 0.243 e. The molecule has 0 bridgehead atoms. The highest BCUT2D eigenvalue weighted by molar-refractivity contribution is 7.89. The minimum atomic E-state index is -3.63. The maximum atomic E-state index is 13.4. The van der Waals surface area contributed by atoms with Gasteiger partial charge in [0.2, 0.25) is 10.0 Å². The first-order valence-electron chi connectivity index (χ1n) is 9.08. The van der Waals surface area contributed by atoms with Gasteiger partial charge in [0.15, 0.2) is 0 Å². The zero-order valence-corrected chi connectivity index (χ0v) is 16.2. The molecule has 3 heterocycles. The maximum absolute atomic E-state index is 13.4. The number of pyridine rings is 1. The summed E-state index contributed by atoms with van der Waals surface area (Å²) in [6.07, 6.45) is 5.15. The van der Waals surface area contributed by atoms with Crippen LogP contribution >= 0.6 is 0 Å². The Morgan fingerprint density at radius 1 is 1.22 bits per heavy atom. The van der Waals surface area contributed by atoms with Gasteiger partial charge in [-0.15, -0.1) is 0 Å². The predicted octanol–water partition coefficient (Wildman–Crippen LogP) is 2.35. The highest BCUT2D eigenvalue weighted by Crippen LogP contribution is 2.30. The van der Waals surface area contributed by atoms with E-state index in [0.29, 0.717) is 24.5 Å². The third-order valence-electron chi connectivity index (χ3n) is 4.93. The molecule has 1 unspecified atom stereocenters. The van der Waals surface area contributed by atoms with Gasteiger partial charge in [-0.3, -0.25) is 9.67 Å². The van der Waals surface area contributed by atoms with E-state index in [2.05, 4.69) is 29.2 Å². The van der Waals surface area contributed by atoms with Crippen molar-refractivity contribution in [1.29, 1.82) is 0 Å². The Morgan fingerprint density at radius 2 is 2.07 bits per heavy atom. The minimum Gasteiger partial charge on any atom is -0.313 e. The zero-order valence-electron chi connectivity index (χ0n) is 15.4. The van der Waals surface area contributed by atoms with Gasteiger partial charge in [-0.05, 0) is 43.7 Å². The SMILES string of the molecule is CC(C)n1ncc2cc(S(=O)(=O)N3CCNCC3c3cccnc3)ccc21. The molecule has 0 radical (unpaired) electrons. The standard InChI is InChI=1S/C19H23N5O2S/c1-14(2)24-18-6-5-17(10-16(18)12-22-24)27(25,26)23-9-8-21-13-19(23)15-4-3-7-20-11-15/h3-7,10-12,14,19,21H,8-9,13H2,1-2H3. The van der Waals surface area contributed by atoms with Crippen LogP contribution < -0.4 is 5.32 Å². The van der Waals surface area contributed by atoms with Crippen LogP contribution in [0.4, 0.5) is 0 Å². The molecule has 1 aliphatic rings. The molecule has 1 atom stereocenters. The molecule has 3 aromatic rings. The lowest BCUT2D eigenvalue weighted by Gasteiger charge is -2.35. The normalized spacial score (nSPS) is 19.0. The van der Waals surface area contributed by atoms with Gasteiger partial charge in [0.25, 0.3) is 0 Å². The summed E-state index contributed by atoms with van der Waals surface area (Å²) in [5, 5.41) is 8.50. The van der Waals surface area contributed by atoms with E-state index in [9.17, 15) is 8.42 Å². The number of hydrogen-bond donors (Lipinski definition) is 1. The summed E-state index contributed by atoms with van der Waals surface area (Å²) in [7, 11) is -3.63. The number of fused-ring (bicyclic) bond motifs is 1. The second kappa shape index (κ2) is 7.03. The first kappa shape index (κ1) is 18.1. The Labute approximate surface area is 159 Å². The molecule has 0 amide bonds. The van der Waals surface area contributed by atoms with Crippen molar-refractivity contribution >= 4 is 20.9 Å². The molecule has 0 aliphatic carbocycles. The topological polar surface area (TPSA) is 80.1 Å². The van der Waals surface area contributed by atoms with Gasteiger partial charge in [-0.25, -0.2) is 8.42 Å². The predicted molar refractivity (Wildman–Crippen MR) is 104 cm³/mol. The van der Waals surface area contributed by atoms with Crippen LogP contribution in [0.1, 0.15) is 31.5 Å². The number of rotatable bonds is 4. The third-order valence-corrected chi connectivity index (χ3v) is 6.83. The monoisotopic (exact) mass is 385 g/mol. The Balaban J connectivity index is 1.74. The van der Waals surface area contributed by atoms with Gasteiger partial charge in [0.1, 0.15) is 0 Å². The van der Waals surface area contributed by atoms with Crippen molar-refractivity contribution in [2.24, 2.45) is 0 Å². The molecule has 1 aliphatic heterocycles. The Kier molecular flexibility index (Phi) is 4.71. The first-order chi connectivity index (χ1) is 13.0. The lowest BCUT2D eigenvalue weighted by Crippen LogP contribution is -2.48. The van der Waals surface area contributed by atoms with Crippen molar-refractivity contribution in [2.45, 2.75) is 30.8 Å². The Bertz CT molecular complexity index is 1050. The van der Waals surface area contributed by atoms with E-state index in [0.717, 1.165) is 16.5 Å². The third kappa shape index (κ3) is 3.24. The highest BCUT2D eigenvalue weighted by atomic mass is 32.2. The van der Waals surface area contributed by atoms with E-state index >= 15 is 0 Å². The molecule has 2 aromatic heterocycles. The number of hydrogen-bond acceptors (Lipinski definition) is 5. The number of piperazine rings is 1. The van der Waals surface area contributed by atoms with Gasteiger partial charge in [0.05, 0.1) is 22.7 Å². The molecule has 0 saturated carbocycles. The summed E-state index contributed by atoms with van der Waals surface area (Å²) < 4.78 is 30.3. The number of aromatic nitrogens is 3. The van der Waals surface area contributed by atoms with E-state index in [1.807, 2.05) is 22.9 Å². The minimum absolute atomic E-state index is 0.216. The molecule has 4 rings (SSSR count). The summed E-state index contributed by atoms with van der Waals surface area (Å²) >= 11 is 0. The summed E-state index contributed by atoms with van der Waals surface area (Å²) in [4.78, 5) is 4.45. The molecule has 7 nitrogen and oxygen atoms in total. The number of sulfonamides is 1. The van der Waals surface area contributed by atoms with E-state index < -0.39 is 10.0 Å². The van der Waals surface area contributed by atoms with Crippen LogP contribution in [0.2, 0.25) is 0 Å². The molecule has 0 spiro atoms. The van der Waals surface area contributed by atoms with E-state index in [1.54, 1.807) is 35.0 Å². The van der Waals surface area contributed by atoms with Gasteiger partial charge < -0.3 is 5.32 Å². The van der Waals surface area contributed by atoms with Gasteiger partial charge in [-0.2, -0.15) is 9.40 Å². The van der Waals surface area contributed by atoms with E-state index in [4.69, 9.17) is 0 Å². The lowest BCUT2D eigenvalue weighted by atomic mass is 10.1. The Hall–Kier alpha value is -2.29. The number of nitrogens with one attached hydrogen (secondary N) is 1. The molecular weight excluding hydrogens is 362 g/mol. The average Bonchev–Trinajstić information content (AvgIpc) is 3.12. The van der Waals surface area contributed by atoms with Crippen molar-refractivity contribution in [3.8, 4) is 0 Å². The quantitative estimate of drug-likeness (QED) is 0.746. The van der Waals surface area contributed by atoms with Crippen molar-refractivity contribution < 1.29 is 8.42 Å². The van der Waals surface area contributed by atoms with Crippen LogP contribution in [0.3, 0.4) is 0 Å². The summed E-state index contributed by atoms with van der Waals surface area (Å²) in [5.41, 5.74) is 1.83.